The third-order valence-electron chi connectivity index (χ3n) is 3.75. The van der Waals surface area contributed by atoms with E-state index in [9.17, 15) is 9.59 Å². The Morgan fingerprint density at radius 2 is 2.00 bits per heavy atom. The number of nitrogens with zero attached hydrogens (tertiary/aromatic N) is 4. The monoisotopic (exact) mass is 302 g/mol. The second kappa shape index (κ2) is 5.69. The minimum absolute atomic E-state index is 0.175. The van der Waals surface area contributed by atoms with E-state index >= 15 is 0 Å². The van der Waals surface area contributed by atoms with E-state index in [1.807, 2.05) is 0 Å². The number of imidazole rings is 1. The highest BCUT2D eigenvalue weighted by atomic mass is 16.2. The van der Waals surface area contributed by atoms with E-state index in [0.717, 1.165) is 26.2 Å². The van der Waals surface area contributed by atoms with Crippen molar-refractivity contribution in [2.24, 2.45) is 7.05 Å². The maximum Gasteiger partial charge on any atom is 0.291 e. The van der Waals surface area contributed by atoms with E-state index < -0.39 is 0 Å². The molecule has 0 amide bonds. The first-order chi connectivity index (χ1) is 10.6. The van der Waals surface area contributed by atoms with Crippen LogP contribution in [0.25, 0.3) is 11.0 Å². The van der Waals surface area contributed by atoms with Gasteiger partial charge in [-0.05, 0) is 6.92 Å². The molecule has 3 heterocycles. The van der Waals surface area contributed by atoms with Crippen LogP contribution in [0.4, 0.5) is 5.95 Å². The van der Waals surface area contributed by atoms with E-state index in [2.05, 4.69) is 32.1 Å². The number of aryl methyl sites for hydroxylation is 1. The summed E-state index contributed by atoms with van der Waals surface area (Å²) in [5.74, 6) is 6.42. The van der Waals surface area contributed by atoms with Gasteiger partial charge in [-0.3, -0.25) is 23.9 Å². The van der Waals surface area contributed by atoms with Crippen LogP contribution in [-0.2, 0) is 13.6 Å². The zero-order valence-corrected chi connectivity index (χ0v) is 12.6. The molecule has 0 atom stereocenters. The van der Waals surface area contributed by atoms with E-state index in [4.69, 9.17) is 0 Å². The molecule has 116 valence electrons. The Labute approximate surface area is 126 Å². The van der Waals surface area contributed by atoms with Crippen LogP contribution in [-0.4, -0.2) is 45.5 Å². The van der Waals surface area contributed by atoms with Gasteiger partial charge >= 0.3 is 0 Å². The molecule has 1 saturated heterocycles. The van der Waals surface area contributed by atoms with Crippen molar-refractivity contribution in [1.29, 1.82) is 0 Å². The summed E-state index contributed by atoms with van der Waals surface area (Å²) in [6, 6.07) is 0. The zero-order valence-electron chi connectivity index (χ0n) is 12.6. The van der Waals surface area contributed by atoms with Crippen molar-refractivity contribution in [2.45, 2.75) is 13.5 Å². The van der Waals surface area contributed by atoms with Gasteiger partial charge in [-0.1, -0.05) is 5.92 Å². The predicted molar refractivity (Wildman–Crippen MR) is 84.1 cm³/mol. The largest absolute Gasteiger partial charge is 0.340 e. The Morgan fingerprint density at radius 1 is 1.27 bits per heavy atom. The van der Waals surface area contributed by atoms with Crippen molar-refractivity contribution in [3.8, 4) is 11.8 Å². The standard InChI is InChI=1S/C14H18N6O2/c1-3-4-7-20-11-10(12(21)17-18(2)13(11)22)16-14(20)19-8-5-15-6-9-19/h15H,5-9H2,1-2H3,(H,17,21). The summed E-state index contributed by atoms with van der Waals surface area (Å²) in [4.78, 5) is 31.0. The van der Waals surface area contributed by atoms with Crippen LogP contribution < -0.4 is 21.3 Å². The minimum Gasteiger partial charge on any atom is -0.340 e. The van der Waals surface area contributed by atoms with Gasteiger partial charge in [0.05, 0.1) is 6.54 Å². The van der Waals surface area contributed by atoms with Crippen LogP contribution in [0.2, 0.25) is 0 Å². The van der Waals surface area contributed by atoms with E-state index in [0.29, 0.717) is 18.0 Å². The van der Waals surface area contributed by atoms with Crippen molar-refractivity contribution in [3.05, 3.63) is 20.7 Å². The fourth-order valence-corrected chi connectivity index (χ4v) is 2.65. The summed E-state index contributed by atoms with van der Waals surface area (Å²) in [5, 5.41) is 5.76. The second-order valence-corrected chi connectivity index (χ2v) is 5.16. The highest BCUT2D eigenvalue weighted by molar-refractivity contribution is 5.77. The molecule has 0 bridgehead atoms. The molecular formula is C14H18N6O2. The summed E-state index contributed by atoms with van der Waals surface area (Å²) in [7, 11) is 1.52. The van der Waals surface area contributed by atoms with Crippen LogP contribution in [0.5, 0.6) is 0 Å². The number of hydrogen-bond donors (Lipinski definition) is 2. The van der Waals surface area contributed by atoms with Crippen molar-refractivity contribution in [2.75, 3.05) is 31.1 Å². The van der Waals surface area contributed by atoms with Crippen molar-refractivity contribution < 1.29 is 0 Å². The van der Waals surface area contributed by atoms with Crippen molar-refractivity contribution in [3.63, 3.8) is 0 Å². The molecule has 2 aromatic rings. The third kappa shape index (κ3) is 2.29. The summed E-state index contributed by atoms with van der Waals surface area (Å²) in [6.07, 6.45) is 0. The van der Waals surface area contributed by atoms with Gasteiger partial charge in [-0.2, -0.15) is 0 Å². The lowest BCUT2D eigenvalue weighted by Crippen LogP contribution is -2.44. The van der Waals surface area contributed by atoms with Gasteiger partial charge in [0.25, 0.3) is 11.1 Å². The number of aromatic amines is 1. The predicted octanol–water partition coefficient (Wildman–Crippen LogP) is -1.14. The van der Waals surface area contributed by atoms with Gasteiger partial charge in [0, 0.05) is 33.2 Å². The van der Waals surface area contributed by atoms with Crippen LogP contribution in [0, 0.1) is 11.8 Å². The number of anilines is 1. The second-order valence-electron chi connectivity index (χ2n) is 5.16. The first kappa shape index (κ1) is 14.4. The maximum atomic E-state index is 12.4. The van der Waals surface area contributed by atoms with Crippen LogP contribution in [0.1, 0.15) is 6.92 Å². The van der Waals surface area contributed by atoms with Gasteiger partial charge in [-0.15, -0.1) is 5.92 Å². The molecule has 2 N–H and O–H groups in total. The number of hydrogen-bond acceptors (Lipinski definition) is 5. The molecule has 3 rings (SSSR count). The molecule has 0 aromatic carbocycles. The molecule has 2 aromatic heterocycles. The summed E-state index contributed by atoms with van der Waals surface area (Å²) >= 11 is 0. The van der Waals surface area contributed by atoms with Crippen molar-refractivity contribution >= 4 is 17.0 Å². The molecule has 0 saturated carbocycles. The molecule has 22 heavy (non-hydrogen) atoms. The van der Waals surface area contributed by atoms with Gasteiger partial charge in [-0.25, -0.2) is 4.98 Å². The Morgan fingerprint density at radius 3 is 2.68 bits per heavy atom. The number of fused-ring (bicyclic) bond motifs is 1. The van der Waals surface area contributed by atoms with Crippen LogP contribution in [0.15, 0.2) is 9.59 Å². The van der Waals surface area contributed by atoms with Crippen LogP contribution in [0.3, 0.4) is 0 Å². The smallest absolute Gasteiger partial charge is 0.291 e. The Balaban J connectivity index is 2.28. The zero-order chi connectivity index (χ0) is 15.7. The maximum absolute atomic E-state index is 12.4. The lowest BCUT2D eigenvalue weighted by Gasteiger charge is -2.28. The molecule has 1 aliphatic heterocycles. The molecule has 0 aliphatic carbocycles. The van der Waals surface area contributed by atoms with Gasteiger partial charge in [0.15, 0.2) is 5.52 Å². The fraction of sp³-hybridized carbons (Fsp3) is 0.500. The highest BCUT2D eigenvalue weighted by Crippen LogP contribution is 2.18. The molecule has 8 heteroatoms. The van der Waals surface area contributed by atoms with Gasteiger partial charge in [0.2, 0.25) is 5.95 Å². The van der Waals surface area contributed by atoms with Gasteiger partial charge in [0.1, 0.15) is 5.52 Å². The lowest BCUT2D eigenvalue weighted by molar-refractivity contribution is 0.572. The average molecular weight is 302 g/mol. The SMILES string of the molecule is CC#CCn1c(N2CCNCC2)nc2c(=O)[nH]n(C)c(=O)c21. The highest BCUT2D eigenvalue weighted by Gasteiger charge is 2.22. The molecule has 1 aliphatic rings. The number of aromatic nitrogens is 4. The van der Waals surface area contributed by atoms with E-state index in [1.165, 1.54) is 11.7 Å². The normalized spacial score (nSPS) is 14.9. The number of piperazine rings is 1. The Bertz CT molecular complexity index is 873. The molecule has 8 nitrogen and oxygen atoms in total. The van der Waals surface area contributed by atoms with E-state index in [-0.39, 0.29) is 16.6 Å². The number of nitrogens with one attached hydrogen (secondary N) is 2. The Kier molecular flexibility index (Phi) is 3.73. The van der Waals surface area contributed by atoms with E-state index in [1.54, 1.807) is 11.5 Å². The minimum atomic E-state index is -0.364. The molecule has 0 unspecified atom stereocenters. The summed E-state index contributed by atoms with van der Waals surface area (Å²) in [6.45, 7) is 5.33. The first-order valence-corrected chi connectivity index (χ1v) is 7.18. The van der Waals surface area contributed by atoms with Gasteiger partial charge < -0.3 is 10.2 Å². The number of rotatable bonds is 2. The third-order valence-corrected chi connectivity index (χ3v) is 3.75. The molecule has 1 fully saturated rings. The fourth-order valence-electron chi connectivity index (χ4n) is 2.65. The lowest BCUT2D eigenvalue weighted by atomic mass is 10.4. The Hall–Kier alpha value is -2.53. The molecular weight excluding hydrogens is 284 g/mol. The molecule has 0 spiro atoms. The molecule has 0 radical (unpaired) electrons. The average Bonchev–Trinajstić information content (AvgIpc) is 2.91. The number of H-pyrrole nitrogens is 1. The van der Waals surface area contributed by atoms with Crippen LogP contribution >= 0.6 is 0 Å². The first-order valence-electron chi connectivity index (χ1n) is 7.18. The summed E-state index contributed by atoms with van der Waals surface area (Å²) < 4.78 is 2.93. The summed E-state index contributed by atoms with van der Waals surface area (Å²) in [5.41, 5.74) is -0.157. The van der Waals surface area contributed by atoms with Crippen molar-refractivity contribution in [1.82, 2.24) is 24.6 Å². The quantitative estimate of drug-likeness (QED) is 0.685. The topological polar surface area (TPSA) is 87.9 Å².